The molecule has 0 atom stereocenters. The number of aliphatic carboxylic acids is 2. The van der Waals surface area contributed by atoms with E-state index >= 15 is 0 Å². The van der Waals surface area contributed by atoms with E-state index in [0.29, 0.717) is 12.2 Å². The third-order valence-electron chi connectivity index (χ3n) is 0.368. The molecule has 0 rings (SSSR count). The summed E-state index contributed by atoms with van der Waals surface area (Å²) in [7, 11) is 0. The third kappa shape index (κ3) is 33.3. The summed E-state index contributed by atoms with van der Waals surface area (Å²) < 4.78 is 0. The Hall–Kier alpha value is -0.320. The Bertz CT molecular complexity index is 158. The zero-order chi connectivity index (χ0) is 9.28. The maximum absolute atomic E-state index is 9.55. The van der Waals surface area contributed by atoms with E-state index in [0.717, 1.165) is 0 Å². The molecule has 0 aliphatic rings. The standard InChI is InChI=1S/C4H4O4.C3H6.Ca/c5-3(6)1-2-4(7)8;1-3-2;/h1-2H,(H,5,6)(H,7,8);3H,1H2,2H3;. The number of rotatable bonds is 2. The average molecular weight is 198 g/mol. The zero-order valence-corrected chi connectivity index (χ0v) is 9.07. The summed E-state index contributed by atoms with van der Waals surface area (Å²) in [5, 5.41) is 15.6. The fourth-order valence-electron chi connectivity index (χ4n) is 0.143. The Morgan fingerprint density at radius 3 is 1.42 bits per heavy atom. The van der Waals surface area contributed by atoms with Crippen molar-refractivity contribution < 1.29 is 19.8 Å². The quantitative estimate of drug-likeness (QED) is 0.385. The van der Waals surface area contributed by atoms with Crippen molar-refractivity contribution in [1.29, 1.82) is 0 Å². The van der Waals surface area contributed by atoms with Crippen LogP contribution in [0, 0.1) is 0 Å². The molecule has 4 nitrogen and oxygen atoms in total. The molecule has 0 saturated carbocycles. The Labute approximate surface area is 101 Å². The molecule has 0 aromatic rings. The van der Waals surface area contributed by atoms with Crippen molar-refractivity contribution in [3.05, 3.63) is 24.8 Å². The van der Waals surface area contributed by atoms with E-state index in [1.165, 1.54) is 0 Å². The van der Waals surface area contributed by atoms with Gasteiger partial charge < -0.3 is 10.2 Å². The molecule has 0 fully saturated rings. The van der Waals surface area contributed by atoms with Gasteiger partial charge in [0.1, 0.15) is 0 Å². The summed E-state index contributed by atoms with van der Waals surface area (Å²) >= 11 is 0. The van der Waals surface area contributed by atoms with Crippen LogP contribution in [0.2, 0.25) is 0 Å². The van der Waals surface area contributed by atoms with Crippen LogP contribution in [0.3, 0.4) is 0 Å². The average Bonchev–Trinajstić information content (AvgIpc) is 1.85. The predicted octanol–water partition coefficient (Wildman–Crippen LogP) is 0.523. The van der Waals surface area contributed by atoms with Crippen molar-refractivity contribution in [2.75, 3.05) is 0 Å². The molecule has 12 heavy (non-hydrogen) atoms. The summed E-state index contributed by atoms with van der Waals surface area (Å²) in [6, 6.07) is 0. The van der Waals surface area contributed by atoms with E-state index in [1.807, 2.05) is 6.92 Å². The molecule has 0 aliphatic carbocycles. The van der Waals surface area contributed by atoms with Gasteiger partial charge in [0, 0.05) is 49.9 Å². The number of carbonyl (C=O) groups is 2. The number of hydrogen-bond acceptors (Lipinski definition) is 2. The normalized spacial score (nSPS) is 7.42. The van der Waals surface area contributed by atoms with Crippen LogP contribution in [0.1, 0.15) is 6.92 Å². The van der Waals surface area contributed by atoms with Gasteiger partial charge in [0.15, 0.2) is 0 Å². The van der Waals surface area contributed by atoms with Crippen LogP contribution in [0.4, 0.5) is 0 Å². The third-order valence-corrected chi connectivity index (χ3v) is 0.368. The summed E-state index contributed by atoms with van der Waals surface area (Å²) in [4.78, 5) is 19.1. The molecule has 0 bridgehead atoms. The van der Waals surface area contributed by atoms with Crippen LogP contribution >= 0.6 is 0 Å². The van der Waals surface area contributed by atoms with Gasteiger partial charge in [-0.3, -0.25) is 0 Å². The van der Waals surface area contributed by atoms with Crippen LogP contribution < -0.4 is 0 Å². The Balaban J connectivity index is -0.000000177. The number of carboxylic acid groups (broad SMARTS) is 2. The van der Waals surface area contributed by atoms with E-state index in [2.05, 4.69) is 6.58 Å². The van der Waals surface area contributed by atoms with Crippen molar-refractivity contribution in [1.82, 2.24) is 0 Å². The van der Waals surface area contributed by atoms with Crippen LogP contribution in [0.25, 0.3) is 0 Å². The largest absolute Gasteiger partial charge is 0.478 e. The Morgan fingerprint density at radius 1 is 1.17 bits per heavy atom. The van der Waals surface area contributed by atoms with E-state index in [-0.39, 0.29) is 37.7 Å². The molecule has 0 unspecified atom stereocenters. The summed E-state index contributed by atoms with van der Waals surface area (Å²) in [5.41, 5.74) is 0. The van der Waals surface area contributed by atoms with Gasteiger partial charge in [0.05, 0.1) is 0 Å². The molecular formula is C7H10CaO4. The molecule has 0 aliphatic heterocycles. The minimum Gasteiger partial charge on any atom is -0.478 e. The first-order valence-corrected chi connectivity index (χ1v) is 2.75. The molecule has 0 aromatic heterocycles. The van der Waals surface area contributed by atoms with E-state index in [9.17, 15) is 9.59 Å². The van der Waals surface area contributed by atoms with Crippen molar-refractivity contribution in [3.63, 3.8) is 0 Å². The first kappa shape index (κ1) is 17.7. The van der Waals surface area contributed by atoms with Crippen molar-refractivity contribution in [2.45, 2.75) is 6.92 Å². The van der Waals surface area contributed by atoms with Crippen molar-refractivity contribution >= 4 is 49.7 Å². The first-order chi connectivity index (χ1) is 5.04. The van der Waals surface area contributed by atoms with Gasteiger partial charge in [0.2, 0.25) is 0 Å². The Morgan fingerprint density at radius 2 is 1.33 bits per heavy atom. The van der Waals surface area contributed by atoms with Gasteiger partial charge >= 0.3 is 11.9 Å². The molecule has 2 N–H and O–H groups in total. The van der Waals surface area contributed by atoms with Gasteiger partial charge in [-0.2, -0.15) is 0 Å². The summed E-state index contributed by atoms with van der Waals surface area (Å²) in [5.74, 6) is -2.51. The second kappa shape index (κ2) is 13.3. The van der Waals surface area contributed by atoms with Crippen LogP contribution in [-0.2, 0) is 9.59 Å². The van der Waals surface area contributed by atoms with E-state index in [4.69, 9.17) is 10.2 Å². The van der Waals surface area contributed by atoms with Crippen LogP contribution in [0.5, 0.6) is 0 Å². The zero-order valence-electron chi connectivity index (χ0n) is 6.86. The summed E-state index contributed by atoms with van der Waals surface area (Å²) in [6.07, 6.45) is 2.87. The minimum atomic E-state index is -1.26. The maximum atomic E-state index is 9.55. The van der Waals surface area contributed by atoms with Crippen molar-refractivity contribution in [2.24, 2.45) is 0 Å². The molecule has 0 saturated heterocycles. The number of carboxylic acids is 2. The fraction of sp³-hybridized carbons (Fsp3) is 0.143. The molecule has 64 valence electrons. The monoisotopic (exact) mass is 198 g/mol. The van der Waals surface area contributed by atoms with Gasteiger partial charge in [0.25, 0.3) is 0 Å². The minimum absolute atomic E-state index is 0. The fourth-order valence-corrected chi connectivity index (χ4v) is 0.143. The maximum Gasteiger partial charge on any atom is 0.328 e. The molecule has 0 aromatic carbocycles. The first-order valence-electron chi connectivity index (χ1n) is 2.75. The molecule has 0 spiro atoms. The topological polar surface area (TPSA) is 74.6 Å². The number of hydrogen-bond donors (Lipinski definition) is 2. The van der Waals surface area contributed by atoms with E-state index in [1.54, 1.807) is 6.08 Å². The smallest absolute Gasteiger partial charge is 0.328 e. The molecule has 5 heteroatoms. The van der Waals surface area contributed by atoms with Crippen LogP contribution in [-0.4, -0.2) is 59.9 Å². The molecule has 0 heterocycles. The second-order valence-electron chi connectivity index (χ2n) is 1.42. The second-order valence-corrected chi connectivity index (χ2v) is 1.42. The van der Waals surface area contributed by atoms with Gasteiger partial charge in [-0.25, -0.2) is 9.59 Å². The predicted molar refractivity (Wildman–Crippen MR) is 46.0 cm³/mol. The van der Waals surface area contributed by atoms with Crippen LogP contribution in [0.15, 0.2) is 24.8 Å². The molecular weight excluding hydrogens is 188 g/mol. The SMILES string of the molecule is C=CC.O=C(O)C=CC(=O)O.[Ca]. The summed E-state index contributed by atoms with van der Waals surface area (Å²) in [6.45, 7) is 5.25. The molecule has 2 radical (unpaired) electrons. The van der Waals surface area contributed by atoms with Crippen molar-refractivity contribution in [3.8, 4) is 0 Å². The van der Waals surface area contributed by atoms with Gasteiger partial charge in [-0.15, -0.1) is 6.58 Å². The van der Waals surface area contributed by atoms with Gasteiger partial charge in [-0.1, -0.05) is 6.08 Å². The molecule has 0 amide bonds. The Kier molecular flexibility index (Phi) is 19.6. The van der Waals surface area contributed by atoms with Gasteiger partial charge in [-0.05, 0) is 6.92 Å². The van der Waals surface area contributed by atoms with E-state index < -0.39 is 11.9 Å². The number of allylic oxidation sites excluding steroid dienone is 1.